The summed E-state index contributed by atoms with van der Waals surface area (Å²) in [6.45, 7) is 6.91. The Kier molecular flexibility index (Phi) is 9.50. The summed E-state index contributed by atoms with van der Waals surface area (Å²) in [5.41, 5.74) is 0. The molecule has 0 radical (unpaired) electrons. The number of nitrogens with one attached hydrogen (secondary N) is 2. The molecule has 28 heavy (non-hydrogen) atoms. The predicted octanol–water partition coefficient (Wildman–Crippen LogP) is 0.509. The SMILES string of the molecule is CCC[C@@H]1CN[C@H](C(=O)N[C@H](C(C)C)[C@H]2O[C@H](CCSC)[C@H](O)[C@@H](O)[C@H]2O)C1. The van der Waals surface area contributed by atoms with Gasteiger partial charge in [-0.3, -0.25) is 4.79 Å². The third-order valence-electron chi connectivity index (χ3n) is 5.97. The lowest BCUT2D eigenvalue weighted by molar-refractivity contribution is -0.231. The summed E-state index contributed by atoms with van der Waals surface area (Å²) in [6.07, 6.45) is 0.573. The topological polar surface area (TPSA) is 111 Å². The molecule has 2 aliphatic rings. The van der Waals surface area contributed by atoms with Gasteiger partial charge in [-0.05, 0) is 49.7 Å². The van der Waals surface area contributed by atoms with E-state index in [1.807, 2.05) is 20.1 Å². The van der Waals surface area contributed by atoms with Gasteiger partial charge in [-0.1, -0.05) is 27.2 Å². The van der Waals surface area contributed by atoms with Crippen LogP contribution in [0.2, 0.25) is 0 Å². The van der Waals surface area contributed by atoms with Gasteiger partial charge < -0.3 is 30.7 Å². The Morgan fingerprint density at radius 3 is 2.54 bits per heavy atom. The van der Waals surface area contributed by atoms with Crippen molar-refractivity contribution in [2.24, 2.45) is 11.8 Å². The van der Waals surface area contributed by atoms with Crippen molar-refractivity contribution in [3.8, 4) is 0 Å². The molecule has 0 aliphatic carbocycles. The third kappa shape index (κ3) is 5.83. The molecule has 0 aromatic heterocycles. The molecule has 0 bridgehead atoms. The second-order valence-corrected chi connectivity index (χ2v) is 9.51. The van der Waals surface area contributed by atoms with Crippen molar-refractivity contribution < 1.29 is 24.9 Å². The summed E-state index contributed by atoms with van der Waals surface area (Å²) in [5, 5.41) is 37.5. The number of hydrogen-bond donors (Lipinski definition) is 5. The normalized spacial score (nSPS) is 37.2. The van der Waals surface area contributed by atoms with Gasteiger partial charge >= 0.3 is 0 Å². The van der Waals surface area contributed by atoms with Gasteiger partial charge in [0, 0.05) is 0 Å². The number of aliphatic hydroxyl groups is 3. The van der Waals surface area contributed by atoms with E-state index in [-0.39, 0.29) is 17.9 Å². The highest BCUT2D eigenvalue weighted by molar-refractivity contribution is 7.98. The van der Waals surface area contributed by atoms with Crippen LogP contribution in [0.25, 0.3) is 0 Å². The van der Waals surface area contributed by atoms with E-state index >= 15 is 0 Å². The molecule has 5 N–H and O–H groups in total. The van der Waals surface area contributed by atoms with Crippen LogP contribution in [-0.2, 0) is 9.53 Å². The number of amides is 1. The van der Waals surface area contributed by atoms with Gasteiger partial charge in [-0.25, -0.2) is 0 Å². The Morgan fingerprint density at radius 1 is 1.21 bits per heavy atom. The molecule has 2 aliphatic heterocycles. The molecular formula is C20H38N2O5S. The zero-order chi connectivity index (χ0) is 20.8. The number of aliphatic hydroxyl groups excluding tert-OH is 3. The quantitative estimate of drug-likeness (QED) is 0.371. The van der Waals surface area contributed by atoms with Gasteiger partial charge in [-0.2, -0.15) is 11.8 Å². The molecule has 8 atom stereocenters. The molecule has 8 heteroatoms. The van der Waals surface area contributed by atoms with E-state index in [2.05, 4.69) is 17.6 Å². The summed E-state index contributed by atoms with van der Waals surface area (Å²) < 4.78 is 6.02. The fraction of sp³-hybridized carbons (Fsp3) is 0.950. The van der Waals surface area contributed by atoms with Crippen LogP contribution in [0, 0.1) is 11.8 Å². The van der Waals surface area contributed by atoms with E-state index in [1.54, 1.807) is 11.8 Å². The number of thioether (sulfide) groups is 1. The van der Waals surface area contributed by atoms with Gasteiger partial charge in [0.15, 0.2) is 0 Å². The molecule has 0 aromatic carbocycles. The largest absolute Gasteiger partial charge is 0.388 e. The molecule has 2 rings (SSSR count). The Morgan fingerprint density at radius 2 is 1.93 bits per heavy atom. The van der Waals surface area contributed by atoms with Crippen LogP contribution in [0.5, 0.6) is 0 Å². The van der Waals surface area contributed by atoms with Crippen molar-refractivity contribution >= 4 is 17.7 Å². The van der Waals surface area contributed by atoms with Crippen LogP contribution < -0.4 is 10.6 Å². The summed E-state index contributed by atoms with van der Waals surface area (Å²) in [4.78, 5) is 12.8. The van der Waals surface area contributed by atoms with E-state index in [9.17, 15) is 20.1 Å². The molecule has 7 nitrogen and oxygen atoms in total. The number of ether oxygens (including phenoxy) is 1. The van der Waals surface area contributed by atoms with Crippen LogP contribution in [0.1, 0.15) is 46.5 Å². The minimum atomic E-state index is -1.29. The van der Waals surface area contributed by atoms with E-state index in [0.717, 1.165) is 31.6 Å². The monoisotopic (exact) mass is 418 g/mol. The number of carbonyl (C=O) groups excluding carboxylic acids is 1. The smallest absolute Gasteiger partial charge is 0.237 e. The molecule has 0 unspecified atom stereocenters. The lowest BCUT2D eigenvalue weighted by Crippen LogP contribution is -2.65. The lowest BCUT2D eigenvalue weighted by atomic mass is 9.86. The summed E-state index contributed by atoms with van der Waals surface area (Å²) >= 11 is 1.63. The van der Waals surface area contributed by atoms with E-state index in [1.165, 1.54) is 0 Å². The number of rotatable bonds is 9. The minimum Gasteiger partial charge on any atom is -0.388 e. The van der Waals surface area contributed by atoms with Gasteiger partial charge in [0.25, 0.3) is 0 Å². The molecule has 1 amide bonds. The van der Waals surface area contributed by atoms with Gasteiger partial charge in [0.1, 0.15) is 24.4 Å². The number of carbonyl (C=O) groups is 1. The van der Waals surface area contributed by atoms with Crippen LogP contribution in [0.4, 0.5) is 0 Å². The maximum atomic E-state index is 12.8. The molecule has 2 saturated heterocycles. The first-order chi connectivity index (χ1) is 13.3. The molecule has 164 valence electrons. The van der Waals surface area contributed by atoms with Crippen molar-refractivity contribution in [3.05, 3.63) is 0 Å². The molecule has 0 aromatic rings. The van der Waals surface area contributed by atoms with Gasteiger partial charge in [-0.15, -0.1) is 0 Å². The van der Waals surface area contributed by atoms with E-state index in [4.69, 9.17) is 4.74 Å². The average Bonchev–Trinajstić information content (AvgIpc) is 3.13. The van der Waals surface area contributed by atoms with Crippen molar-refractivity contribution in [1.29, 1.82) is 0 Å². The van der Waals surface area contributed by atoms with Crippen LogP contribution >= 0.6 is 11.8 Å². The van der Waals surface area contributed by atoms with Crippen molar-refractivity contribution in [1.82, 2.24) is 10.6 Å². The summed E-state index contributed by atoms with van der Waals surface area (Å²) in [6, 6.07) is -0.685. The second-order valence-electron chi connectivity index (χ2n) is 8.52. The Balaban J connectivity index is 2.05. The Bertz CT molecular complexity index is 495. The highest BCUT2D eigenvalue weighted by atomic mass is 32.2. The molecule has 2 fully saturated rings. The first-order valence-corrected chi connectivity index (χ1v) is 11.9. The summed E-state index contributed by atoms with van der Waals surface area (Å²) in [5.74, 6) is 1.21. The van der Waals surface area contributed by atoms with Crippen molar-refractivity contribution in [2.45, 2.75) is 89.1 Å². The minimum absolute atomic E-state index is 0.0000785. The third-order valence-corrected chi connectivity index (χ3v) is 6.62. The Hall–Kier alpha value is -0.380. The number of hydrogen-bond acceptors (Lipinski definition) is 7. The fourth-order valence-corrected chi connectivity index (χ4v) is 4.75. The Labute approximate surface area is 173 Å². The van der Waals surface area contributed by atoms with Crippen molar-refractivity contribution in [2.75, 3.05) is 18.6 Å². The standard InChI is InChI=1S/C20H38N2O5S/c1-5-6-12-9-13(21-10-12)20(26)22-15(11(2)3)19-18(25)17(24)16(23)14(27-19)7-8-28-4/h11-19,21,23-25H,5-10H2,1-4H3,(H,22,26)/t12-,13-,14+,15+,16-,17+,18+,19+/m0/s1. The zero-order valence-corrected chi connectivity index (χ0v) is 18.3. The first kappa shape index (κ1) is 23.9. The van der Waals surface area contributed by atoms with Gasteiger partial charge in [0.2, 0.25) is 5.91 Å². The molecular weight excluding hydrogens is 380 g/mol. The van der Waals surface area contributed by atoms with E-state index < -0.39 is 36.6 Å². The highest BCUT2D eigenvalue weighted by Crippen LogP contribution is 2.28. The van der Waals surface area contributed by atoms with E-state index in [0.29, 0.717) is 12.3 Å². The molecule has 2 heterocycles. The van der Waals surface area contributed by atoms with Crippen LogP contribution in [-0.4, -0.2) is 82.4 Å². The second kappa shape index (κ2) is 11.1. The fourth-order valence-electron chi connectivity index (χ4n) is 4.28. The zero-order valence-electron chi connectivity index (χ0n) is 17.5. The first-order valence-electron chi connectivity index (χ1n) is 10.5. The molecule has 0 saturated carbocycles. The maximum absolute atomic E-state index is 12.8. The summed E-state index contributed by atoms with van der Waals surface area (Å²) in [7, 11) is 0. The molecule has 0 spiro atoms. The lowest BCUT2D eigenvalue weighted by Gasteiger charge is -2.45. The van der Waals surface area contributed by atoms with Gasteiger partial charge in [0.05, 0.1) is 18.2 Å². The predicted molar refractivity (Wildman–Crippen MR) is 111 cm³/mol. The maximum Gasteiger partial charge on any atom is 0.237 e. The van der Waals surface area contributed by atoms with Crippen LogP contribution in [0.15, 0.2) is 0 Å². The van der Waals surface area contributed by atoms with Crippen LogP contribution in [0.3, 0.4) is 0 Å². The van der Waals surface area contributed by atoms with Crippen molar-refractivity contribution in [3.63, 3.8) is 0 Å². The highest BCUT2D eigenvalue weighted by Gasteiger charge is 2.47. The average molecular weight is 419 g/mol.